The molecule has 2 N–H and O–H groups in total. The van der Waals surface area contributed by atoms with Crippen molar-refractivity contribution in [3.05, 3.63) is 71.3 Å². The molecule has 1 aromatic heterocycles. The maximum atomic E-state index is 13.8. The largest absolute Gasteiger partial charge is 0.497 e. The maximum absolute atomic E-state index is 13.8. The van der Waals surface area contributed by atoms with Gasteiger partial charge in [-0.1, -0.05) is 12.1 Å². The molecule has 150 valence electrons. The fourth-order valence-corrected chi connectivity index (χ4v) is 3.70. The average molecular weight is 394 g/mol. The van der Waals surface area contributed by atoms with Gasteiger partial charge in [-0.05, 0) is 55.1 Å². The van der Waals surface area contributed by atoms with Crippen molar-refractivity contribution < 1.29 is 13.9 Å². The van der Waals surface area contributed by atoms with Gasteiger partial charge in [0.25, 0.3) is 5.91 Å². The van der Waals surface area contributed by atoms with E-state index in [1.807, 2.05) is 12.1 Å². The van der Waals surface area contributed by atoms with Gasteiger partial charge in [0, 0.05) is 30.6 Å². The van der Waals surface area contributed by atoms with Gasteiger partial charge in [0.2, 0.25) is 0 Å². The predicted octanol–water partition coefficient (Wildman–Crippen LogP) is 3.11. The molecule has 2 aromatic carbocycles. The summed E-state index contributed by atoms with van der Waals surface area (Å²) >= 11 is 0. The number of hydrogen-bond donors (Lipinski definition) is 1. The molecule has 0 unspecified atom stereocenters. The summed E-state index contributed by atoms with van der Waals surface area (Å²) in [7, 11) is 1.48. The van der Waals surface area contributed by atoms with Crippen molar-refractivity contribution in [1.29, 1.82) is 0 Å². The Kier molecular flexibility index (Phi) is 5.31. The molecular weight excluding hydrogens is 371 g/mol. The molecule has 0 fully saturated rings. The Balaban J connectivity index is 1.61. The molecular formula is C22H23FN4O2. The number of anilines is 1. The van der Waals surface area contributed by atoms with E-state index >= 15 is 0 Å². The van der Waals surface area contributed by atoms with Crippen LogP contribution in [0, 0.1) is 5.82 Å². The van der Waals surface area contributed by atoms with E-state index in [0.717, 1.165) is 30.5 Å². The molecule has 0 atom stereocenters. The number of carbonyl (C=O) groups excluding carboxylic acids is 1. The van der Waals surface area contributed by atoms with Crippen LogP contribution in [0.25, 0.3) is 5.69 Å². The third kappa shape index (κ3) is 3.86. The summed E-state index contributed by atoms with van der Waals surface area (Å²) in [6, 6.07) is 12.1. The smallest absolute Gasteiger partial charge is 0.278 e. The first kappa shape index (κ1) is 19.1. The third-order valence-electron chi connectivity index (χ3n) is 5.11. The van der Waals surface area contributed by atoms with Crippen LogP contribution in [0.5, 0.6) is 5.75 Å². The fourth-order valence-electron chi connectivity index (χ4n) is 3.70. The lowest BCUT2D eigenvalue weighted by molar-refractivity contribution is 0.0980. The number of ether oxygens (including phenoxy) is 1. The lowest BCUT2D eigenvalue weighted by Gasteiger charge is -2.29. The molecule has 0 bridgehead atoms. The fraction of sp³-hybridized carbons (Fsp3) is 0.273. The van der Waals surface area contributed by atoms with Gasteiger partial charge in [-0.25, -0.2) is 9.07 Å². The average Bonchev–Trinajstić information content (AvgIpc) is 3.23. The van der Waals surface area contributed by atoms with Gasteiger partial charge in [0.1, 0.15) is 11.6 Å². The highest BCUT2D eigenvalue weighted by Gasteiger charge is 2.25. The van der Waals surface area contributed by atoms with E-state index in [1.54, 1.807) is 23.2 Å². The second kappa shape index (κ2) is 8.05. The van der Waals surface area contributed by atoms with Crippen LogP contribution in [-0.2, 0) is 12.8 Å². The second-order valence-corrected chi connectivity index (χ2v) is 7.06. The van der Waals surface area contributed by atoms with Crippen LogP contribution in [-0.4, -0.2) is 35.9 Å². The lowest BCUT2D eigenvalue weighted by Crippen LogP contribution is -2.35. The molecule has 1 aliphatic heterocycles. The van der Waals surface area contributed by atoms with E-state index in [-0.39, 0.29) is 5.91 Å². The van der Waals surface area contributed by atoms with Gasteiger partial charge in [-0.2, -0.15) is 5.10 Å². The van der Waals surface area contributed by atoms with Gasteiger partial charge in [0.15, 0.2) is 5.69 Å². The Morgan fingerprint density at radius 3 is 2.90 bits per heavy atom. The van der Waals surface area contributed by atoms with Crippen molar-refractivity contribution in [2.24, 2.45) is 5.73 Å². The Bertz CT molecular complexity index is 1050. The van der Waals surface area contributed by atoms with E-state index in [1.165, 1.54) is 29.5 Å². The molecule has 0 saturated carbocycles. The third-order valence-corrected chi connectivity index (χ3v) is 5.11. The van der Waals surface area contributed by atoms with E-state index in [0.29, 0.717) is 30.2 Å². The highest BCUT2D eigenvalue weighted by Crippen LogP contribution is 2.29. The van der Waals surface area contributed by atoms with Crippen LogP contribution in [0.1, 0.15) is 28.0 Å². The van der Waals surface area contributed by atoms with Gasteiger partial charge in [-0.15, -0.1) is 0 Å². The van der Waals surface area contributed by atoms with Gasteiger partial charge >= 0.3 is 0 Å². The van der Waals surface area contributed by atoms with E-state index in [4.69, 9.17) is 10.5 Å². The molecule has 29 heavy (non-hydrogen) atoms. The van der Waals surface area contributed by atoms with Crippen LogP contribution in [0.4, 0.5) is 10.1 Å². The van der Waals surface area contributed by atoms with Gasteiger partial charge in [0.05, 0.1) is 12.8 Å². The Morgan fingerprint density at radius 1 is 1.24 bits per heavy atom. The summed E-state index contributed by atoms with van der Waals surface area (Å²) < 4.78 is 20.4. The Labute approximate surface area is 168 Å². The molecule has 1 aliphatic rings. The molecule has 4 rings (SSSR count). The van der Waals surface area contributed by atoms with Crippen LogP contribution in [0.15, 0.2) is 48.7 Å². The van der Waals surface area contributed by atoms with Crippen molar-refractivity contribution in [1.82, 2.24) is 9.78 Å². The second-order valence-electron chi connectivity index (χ2n) is 7.06. The van der Waals surface area contributed by atoms with Crippen molar-refractivity contribution >= 4 is 11.6 Å². The summed E-state index contributed by atoms with van der Waals surface area (Å²) in [6.07, 6.45) is 4.31. The van der Waals surface area contributed by atoms with Crippen LogP contribution >= 0.6 is 0 Å². The molecule has 1 amide bonds. The summed E-state index contributed by atoms with van der Waals surface area (Å²) in [5.74, 6) is -0.206. The van der Waals surface area contributed by atoms with E-state index in [2.05, 4.69) is 11.2 Å². The highest BCUT2D eigenvalue weighted by molar-refractivity contribution is 6.05. The molecule has 7 heteroatoms. The Hall–Kier alpha value is -3.19. The summed E-state index contributed by atoms with van der Waals surface area (Å²) in [5.41, 5.74) is 9.73. The molecule has 2 heterocycles. The van der Waals surface area contributed by atoms with Crippen LogP contribution < -0.4 is 15.4 Å². The number of methoxy groups -OCH3 is 1. The number of hydrogen-bond acceptors (Lipinski definition) is 4. The standard InChI is InChI=1S/C22H23FN4O2/c1-29-19-13-17(23)12-18(14-19)27-10-7-20(25-27)22(28)26-9-2-3-16-11-15(6-8-24)4-5-21(16)26/h4-5,7,10-14H,2-3,6,8-9,24H2,1H3. The number of halogens is 1. The lowest BCUT2D eigenvalue weighted by atomic mass is 9.98. The number of aromatic nitrogens is 2. The van der Waals surface area contributed by atoms with Crippen LogP contribution in [0.3, 0.4) is 0 Å². The zero-order valence-corrected chi connectivity index (χ0v) is 16.3. The van der Waals surface area contributed by atoms with Gasteiger partial charge in [-0.3, -0.25) is 4.79 Å². The zero-order chi connectivity index (χ0) is 20.4. The number of benzene rings is 2. The quantitative estimate of drug-likeness (QED) is 0.722. The van der Waals surface area contributed by atoms with E-state index in [9.17, 15) is 9.18 Å². The first-order chi connectivity index (χ1) is 14.1. The predicted molar refractivity (Wildman–Crippen MR) is 109 cm³/mol. The molecule has 6 nitrogen and oxygen atoms in total. The van der Waals surface area contributed by atoms with Crippen molar-refractivity contribution in [3.8, 4) is 11.4 Å². The van der Waals surface area contributed by atoms with Crippen molar-refractivity contribution in [2.75, 3.05) is 25.1 Å². The molecule has 3 aromatic rings. The van der Waals surface area contributed by atoms with Crippen molar-refractivity contribution in [2.45, 2.75) is 19.3 Å². The SMILES string of the molecule is COc1cc(F)cc(-n2ccc(C(=O)N3CCCc4cc(CCN)ccc43)n2)c1. The number of nitrogens with zero attached hydrogens (tertiary/aromatic N) is 3. The first-order valence-corrected chi connectivity index (χ1v) is 9.63. The minimum atomic E-state index is -0.430. The minimum Gasteiger partial charge on any atom is -0.497 e. The molecule has 0 saturated heterocycles. The highest BCUT2D eigenvalue weighted by atomic mass is 19.1. The molecule has 0 spiro atoms. The number of aryl methyl sites for hydroxylation is 1. The summed E-state index contributed by atoms with van der Waals surface area (Å²) in [4.78, 5) is 14.9. The number of amides is 1. The van der Waals surface area contributed by atoms with E-state index < -0.39 is 5.82 Å². The normalized spacial score (nSPS) is 13.3. The zero-order valence-electron chi connectivity index (χ0n) is 16.3. The first-order valence-electron chi connectivity index (χ1n) is 9.63. The monoisotopic (exact) mass is 394 g/mol. The van der Waals surface area contributed by atoms with Crippen molar-refractivity contribution in [3.63, 3.8) is 0 Å². The van der Waals surface area contributed by atoms with Gasteiger partial charge < -0.3 is 15.4 Å². The topological polar surface area (TPSA) is 73.4 Å². The van der Waals surface area contributed by atoms with Crippen LogP contribution in [0.2, 0.25) is 0 Å². The number of nitrogens with two attached hydrogens (primary N) is 1. The summed E-state index contributed by atoms with van der Waals surface area (Å²) in [6.45, 7) is 1.24. The number of fused-ring (bicyclic) bond motifs is 1. The minimum absolute atomic E-state index is 0.167. The summed E-state index contributed by atoms with van der Waals surface area (Å²) in [5, 5.41) is 4.38. The maximum Gasteiger partial charge on any atom is 0.278 e. The molecule has 0 radical (unpaired) electrons. The number of rotatable bonds is 5. The Morgan fingerprint density at radius 2 is 2.10 bits per heavy atom. The molecule has 0 aliphatic carbocycles. The number of carbonyl (C=O) groups is 1.